The molecule has 0 aliphatic heterocycles. The summed E-state index contributed by atoms with van der Waals surface area (Å²) in [6.07, 6.45) is 4.66. The van der Waals surface area contributed by atoms with E-state index in [4.69, 9.17) is 4.74 Å². The maximum absolute atomic E-state index is 11.6. The highest BCUT2D eigenvalue weighted by molar-refractivity contribution is 9.10. The van der Waals surface area contributed by atoms with E-state index in [0.29, 0.717) is 18.9 Å². The number of nitrogens with one attached hydrogen (secondary N) is 1. The monoisotopic (exact) mass is 369 g/mol. The van der Waals surface area contributed by atoms with Crippen molar-refractivity contribution in [2.24, 2.45) is 0 Å². The molecule has 1 amide bonds. The summed E-state index contributed by atoms with van der Waals surface area (Å²) in [6.45, 7) is 7.84. The Morgan fingerprint density at radius 2 is 2.05 bits per heavy atom. The molecule has 0 radical (unpaired) electrons. The first-order valence-corrected chi connectivity index (χ1v) is 9.02. The summed E-state index contributed by atoms with van der Waals surface area (Å²) in [5.74, 6) is 1.46. The van der Waals surface area contributed by atoms with Crippen molar-refractivity contribution in [2.45, 2.75) is 58.8 Å². The Labute approximate surface area is 143 Å². The molecule has 0 aliphatic rings. The number of carbonyl (C=O) groups is 1. The Kier molecular flexibility index (Phi) is 9.21. The summed E-state index contributed by atoms with van der Waals surface area (Å²) in [4.78, 5) is 11.6. The molecule has 1 aromatic rings. The van der Waals surface area contributed by atoms with E-state index in [9.17, 15) is 4.79 Å². The highest BCUT2D eigenvalue weighted by atomic mass is 79.9. The molecule has 0 spiro atoms. The van der Waals surface area contributed by atoms with Crippen molar-refractivity contribution < 1.29 is 9.53 Å². The predicted molar refractivity (Wildman–Crippen MR) is 95.5 cm³/mol. The third kappa shape index (κ3) is 7.30. The third-order valence-electron chi connectivity index (χ3n) is 3.53. The Hall–Kier alpha value is -1.03. The van der Waals surface area contributed by atoms with Gasteiger partial charge in [-0.05, 0) is 52.4 Å². The largest absolute Gasteiger partial charge is 0.492 e. The standard InChI is InChI=1S/C18H28BrNO2/c1-4-5-6-11-20-18(21)8-7-12-22-17-10-9-15(14(2)3)13-16(17)19/h9-10,13-14H,4-8,11-12H2,1-3H3,(H,20,21). The molecule has 1 N–H and O–H groups in total. The molecule has 3 nitrogen and oxygen atoms in total. The fraction of sp³-hybridized carbons (Fsp3) is 0.611. The van der Waals surface area contributed by atoms with Gasteiger partial charge in [-0.2, -0.15) is 0 Å². The van der Waals surface area contributed by atoms with E-state index in [-0.39, 0.29) is 5.91 Å². The zero-order valence-electron chi connectivity index (χ0n) is 14.0. The third-order valence-corrected chi connectivity index (χ3v) is 4.15. The summed E-state index contributed by atoms with van der Waals surface area (Å²) in [7, 11) is 0. The minimum absolute atomic E-state index is 0.119. The van der Waals surface area contributed by atoms with Crippen molar-refractivity contribution in [2.75, 3.05) is 13.2 Å². The molecule has 4 heteroatoms. The summed E-state index contributed by atoms with van der Waals surface area (Å²) >= 11 is 3.54. The van der Waals surface area contributed by atoms with Crippen molar-refractivity contribution in [1.82, 2.24) is 5.32 Å². The summed E-state index contributed by atoms with van der Waals surface area (Å²) < 4.78 is 6.71. The van der Waals surface area contributed by atoms with Gasteiger partial charge in [0.25, 0.3) is 0 Å². The van der Waals surface area contributed by atoms with Crippen LogP contribution in [0, 0.1) is 0 Å². The Morgan fingerprint density at radius 1 is 1.27 bits per heavy atom. The van der Waals surface area contributed by atoms with Gasteiger partial charge in [0.15, 0.2) is 0 Å². The van der Waals surface area contributed by atoms with Crippen molar-refractivity contribution in [3.05, 3.63) is 28.2 Å². The number of halogens is 1. The molecule has 1 aromatic carbocycles. The van der Waals surface area contributed by atoms with Gasteiger partial charge in [0.05, 0.1) is 11.1 Å². The van der Waals surface area contributed by atoms with Gasteiger partial charge >= 0.3 is 0 Å². The number of ether oxygens (including phenoxy) is 1. The van der Waals surface area contributed by atoms with Crippen LogP contribution in [0.1, 0.15) is 64.4 Å². The number of hydrogen-bond donors (Lipinski definition) is 1. The maximum Gasteiger partial charge on any atom is 0.220 e. The lowest BCUT2D eigenvalue weighted by Gasteiger charge is -2.11. The van der Waals surface area contributed by atoms with Crippen LogP contribution in [-0.2, 0) is 4.79 Å². The first kappa shape index (κ1) is 19.0. The van der Waals surface area contributed by atoms with Gasteiger partial charge < -0.3 is 10.1 Å². The smallest absolute Gasteiger partial charge is 0.220 e. The molecule has 22 heavy (non-hydrogen) atoms. The number of benzene rings is 1. The summed E-state index contributed by atoms with van der Waals surface area (Å²) in [5, 5.41) is 2.94. The van der Waals surface area contributed by atoms with Crippen LogP contribution >= 0.6 is 15.9 Å². The number of amides is 1. The van der Waals surface area contributed by atoms with E-state index in [1.54, 1.807) is 0 Å². The van der Waals surface area contributed by atoms with Crippen LogP contribution in [0.3, 0.4) is 0 Å². The Bertz CT molecular complexity index is 460. The molecule has 0 heterocycles. The van der Waals surface area contributed by atoms with E-state index in [0.717, 1.165) is 29.6 Å². The van der Waals surface area contributed by atoms with E-state index >= 15 is 0 Å². The molecule has 0 saturated heterocycles. The molecular formula is C18H28BrNO2. The fourth-order valence-electron chi connectivity index (χ4n) is 2.10. The molecule has 0 aromatic heterocycles. The average molecular weight is 370 g/mol. The molecule has 0 aliphatic carbocycles. The summed E-state index contributed by atoms with van der Waals surface area (Å²) in [6, 6.07) is 6.18. The van der Waals surface area contributed by atoms with Crippen LogP contribution in [0.25, 0.3) is 0 Å². The lowest BCUT2D eigenvalue weighted by atomic mass is 10.0. The first-order chi connectivity index (χ1) is 10.5. The molecule has 1 rings (SSSR count). The molecule has 0 saturated carbocycles. The van der Waals surface area contributed by atoms with Crippen molar-refractivity contribution in [3.8, 4) is 5.75 Å². The molecule has 0 fully saturated rings. The minimum Gasteiger partial charge on any atom is -0.492 e. The molecule has 0 unspecified atom stereocenters. The number of hydrogen-bond acceptors (Lipinski definition) is 2. The van der Waals surface area contributed by atoms with Crippen LogP contribution in [0.15, 0.2) is 22.7 Å². The van der Waals surface area contributed by atoms with Gasteiger partial charge in [0.2, 0.25) is 5.91 Å². The van der Waals surface area contributed by atoms with Gasteiger partial charge in [-0.15, -0.1) is 0 Å². The molecular weight excluding hydrogens is 342 g/mol. The lowest BCUT2D eigenvalue weighted by molar-refractivity contribution is -0.121. The van der Waals surface area contributed by atoms with Crippen LogP contribution in [-0.4, -0.2) is 19.1 Å². The van der Waals surface area contributed by atoms with Gasteiger partial charge in [-0.3, -0.25) is 4.79 Å². The van der Waals surface area contributed by atoms with Crippen LogP contribution in [0.4, 0.5) is 0 Å². The Morgan fingerprint density at radius 3 is 2.68 bits per heavy atom. The SMILES string of the molecule is CCCCCNC(=O)CCCOc1ccc(C(C)C)cc1Br. The van der Waals surface area contributed by atoms with Gasteiger partial charge in [-0.1, -0.05) is 39.7 Å². The quantitative estimate of drug-likeness (QED) is 0.586. The summed E-state index contributed by atoms with van der Waals surface area (Å²) in [5.41, 5.74) is 1.28. The maximum atomic E-state index is 11.6. The van der Waals surface area contributed by atoms with Gasteiger partial charge in [0, 0.05) is 13.0 Å². The highest BCUT2D eigenvalue weighted by Crippen LogP contribution is 2.28. The first-order valence-electron chi connectivity index (χ1n) is 8.23. The van der Waals surface area contributed by atoms with Crippen LogP contribution in [0.2, 0.25) is 0 Å². The van der Waals surface area contributed by atoms with E-state index in [2.05, 4.69) is 54.2 Å². The van der Waals surface area contributed by atoms with Gasteiger partial charge in [0.1, 0.15) is 5.75 Å². The van der Waals surface area contributed by atoms with E-state index in [1.807, 2.05) is 6.07 Å². The zero-order chi connectivity index (χ0) is 16.4. The molecule has 0 atom stereocenters. The van der Waals surface area contributed by atoms with Crippen LogP contribution in [0.5, 0.6) is 5.75 Å². The van der Waals surface area contributed by atoms with Gasteiger partial charge in [-0.25, -0.2) is 0 Å². The Balaban J connectivity index is 2.23. The highest BCUT2D eigenvalue weighted by Gasteiger charge is 2.06. The predicted octanol–water partition coefficient (Wildman–Crippen LogP) is 5.04. The second kappa shape index (κ2) is 10.7. The average Bonchev–Trinajstić information content (AvgIpc) is 2.49. The normalized spacial score (nSPS) is 10.8. The second-order valence-corrected chi connectivity index (χ2v) is 6.71. The fourth-order valence-corrected chi connectivity index (χ4v) is 2.61. The zero-order valence-corrected chi connectivity index (χ0v) is 15.5. The second-order valence-electron chi connectivity index (χ2n) is 5.85. The van der Waals surface area contributed by atoms with E-state index in [1.165, 1.54) is 18.4 Å². The molecule has 124 valence electrons. The number of carbonyl (C=O) groups excluding carboxylic acids is 1. The van der Waals surface area contributed by atoms with Crippen molar-refractivity contribution >= 4 is 21.8 Å². The van der Waals surface area contributed by atoms with Crippen molar-refractivity contribution in [1.29, 1.82) is 0 Å². The lowest BCUT2D eigenvalue weighted by Crippen LogP contribution is -2.24. The van der Waals surface area contributed by atoms with Crippen LogP contribution < -0.4 is 10.1 Å². The number of rotatable bonds is 10. The molecule has 0 bridgehead atoms. The minimum atomic E-state index is 0.119. The van der Waals surface area contributed by atoms with E-state index < -0.39 is 0 Å². The number of unbranched alkanes of at least 4 members (excludes halogenated alkanes) is 2. The topological polar surface area (TPSA) is 38.3 Å². The van der Waals surface area contributed by atoms with Crippen molar-refractivity contribution in [3.63, 3.8) is 0 Å².